The Morgan fingerprint density at radius 2 is 1.75 bits per heavy atom. The van der Waals surface area contributed by atoms with Gasteiger partial charge in [0.15, 0.2) is 0 Å². The maximum Gasteiger partial charge on any atom is 0.237 e. The second-order valence-electron chi connectivity index (χ2n) is 6.45. The van der Waals surface area contributed by atoms with Crippen molar-refractivity contribution >= 4 is 21.8 Å². The number of carbonyl (C=O) groups excluding carboxylic acids is 1. The lowest BCUT2D eigenvalue weighted by molar-refractivity contribution is -0.126. The van der Waals surface area contributed by atoms with Crippen LogP contribution in [0.25, 0.3) is 0 Å². The summed E-state index contributed by atoms with van der Waals surface area (Å²) in [6.45, 7) is 5.80. The van der Waals surface area contributed by atoms with Gasteiger partial charge in [-0.1, -0.05) is 52.3 Å². The van der Waals surface area contributed by atoms with Gasteiger partial charge in [-0.05, 0) is 49.1 Å². The van der Waals surface area contributed by atoms with Gasteiger partial charge in [0.1, 0.15) is 0 Å². The van der Waals surface area contributed by atoms with E-state index >= 15 is 0 Å². The smallest absolute Gasteiger partial charge is 0.237 e. The van der Waals surface area contributed by atoms with E-state index in [0.717, 1.165) is 29.5 Å². The van der Waals surface area contributed by atoms with E-state index in [1.165, 1.54) is 11.1 Å². The van der Waals surface area contributed by atoms with Gasteiger partial charge < -0.3 is 5.32 Å². The largest absolute Gasteiger partial charge is 0.348 e. The molecule has 0 fully saturated rings. The van der Waals surface area contributed by atoms with Crippen molar-refractivity contribution in [3.8, 4) is 0 Å². The van der Waals surface area contributed by atoms with Crippen molar-refractivity contribution in [2.45, 2.75) is 38.9 Å². The van der Waals surface area contributed by atoms with Crippen molar-refractivity contribution in [3.63, 3.8) is 0 Å². The Bertz CT molecular complexity index is 714. The highest BCUT2D eigenvalue weighted by Gasteiger charge is 2.26. The first-order chi connectivity index (χ1) is 11.5. The molecule has 2 unspecified atom stereocenters. The molecular formula is C20H23BrN2O. The molecule has 126 valence electrons. The first-order valence-electron chi connectivity index (χ1n) is 8.41. The molecule has 0 aliphatic carbocycles. The highest BCUT2D eigenvalue weighted by atomic mass is 79.9. The van der Waals surface area contributed by atoms with Gasteiger partial charge in [0.2, 0.25) is 5.91 Å². The van der Waals surface area contributed by atoms with Crippen LogP contribution in [-0.4, -0.2) is 23.4 Å². The molecule has 1 aliphatic heterocycles. The van der Waals surface area contributed by atoms with Crippen LogP contribution >= 0.6 is 15.9 Å². The minimum Gasteiger partial charge on any atom is -0.348 e. The second-order valence-corrected chi connectivity index (χ2v) is 7.36. The Kier molecular flexibility index (Phi) is 5.36. The molecule has 24 heavy (non-hydrogen) atoms. The number of rotatable bonds is 4. The highest BCUT2D eigenvalue weighted by molar-refractivity contribution is 9.10. The Hall–Kier alpha value is -1.65. The standard InChI is InChI=1S/C20H23BrN2O/c1-14(16-7-9-19(21)10-8-16)22-20(24)15(2)23-12-11-17-5-3-4-6-18(17)13-23/h3-10,14-15H,11-13H2,1-2H3,(H,22,24). The second kappa shape index (κ2) is 7.49. The average molecular weight is 387 g/mol. The van der Waals surface area contributed by atoms with E-state index in [9.17, 15) is 4.79 Å². The summed E-state index contributed by atoms with van der Waals surface area (Å²) in [5.41, 5.74) is 3.86. The number of hydrogen-bond donors (Lipinski definition) is 1. The predicted molar refractivity (Wildman–Crippen MR) is 101 cm³/mol. The minimum absolute atomic E-state index is 0.00475. The molecule has 2 atom stereocenters. The number of hydrogen-bond acceptors (Lipinski definition) is 2. The fourth-order valence-electron chi connectivity index (χ4n) is 3.18. The topological polar surface area (TPSA) is 32.3 Å². The van der Waals surface area contributed by atoms with Gasteiger partial charge >= 0.3 is 0 Å². The lowest BCUT2D eigenvalue weighted by Gasteiger charge is -2.33. The van der Waals surface area contributed by atoms with E-state index in [0.29, 0.717) is 0 Å². The summed E-state index contributed by atoms with van der Waals surface area (Å²) in [5, 5.41) is 3.14. The molecule has 4 heteroatoms. The average Bonchev–Trinajstić information content (AvgIpc) is 2.61. The molecule has 1 N–H and O–H groups in total. The predicted octanol–water partition coefficient (Wildman–Crippen LogP) is 4.07. The van der Waals surface area contributed by atoms with Crippen LogP contribution in [0.2, 0.25) is 0 Å². The first kappa shape index (κ1) is 17.2. The SMILES string of the molecule is CC(NC(=O)C(C)N1CCc2ccccc2C1)c1ccc(Br)cc1. The summed E-state index contributed by atoms with van der Waals surface area (Å²) >= 11 is 3.44. The van der Waals surface area contributed by atoms with E-state index in [2.05, 4.69) is 50.4 Å². The van der Waals surface area contributed by atoms with Crippen LogP contribution < -0.4 is 5.32 Å². The summed E-state index contributed by atoms with van der Waals surface area (Å²) in [4.78, 5) is 14.9. The molecule has 0 bridgehead atoms. The number of carbonyl (C=O) groups is 1. The number of fused-ring (bicyclic) bond motifs is 1. The summed E-state index contributed by atoms with van der Waals surface area (Å²) in [6, 6.07) is 16.5. The highest BCUT2D eigenvalue weighted by Crippen LogP contribution is 2.21. The van der Waals surface area contributed by atoms with Crippen molar-refractivity contribution in [3.05, 3.63) is 69.7 Å². The van der Waals surface area contributed by atoms with Gasteiger partial charge in [-0.2, -0.15) is 0 Å². The van der Waals surface area contributed by atoms with Crippen LogP contribution in [0.4, 0.5) is 0 Å². The maximum atomic E-state index is 12.6. The van der Waals surface area contributed by atoms with Crippen LogP contribution in [0.3, 0.4) is 0 Å². The lowest BCUT2D eigenvalue weighted by atomic mass is 9.98. The van der Waals surface area contributed by atoms with Crippen molar-refractivity contribution < 1.29 is 4.79 Å². The zero-order chi connectivity index (χ0) is 17.1. The normalized spacial score (nSPS) is 17.0. The fourth-order valence-corrected chi connectivity index (χ4v) is 3.45. The van der Waals surface area contributed by atoms with Crippen LogP contribution in [-0.2, 0) is 17.8 Å². The summed E-state index contributed by atoms with van der Waals surface area (Å²) in [5.74, 6) is 0.0878. The monoisotopic (exact) mass is 386 g/mol. The molecular weight excluding hydrogens is 364 g/mol. The molecule has 2 aromatic rings. The van der Waals surface area contributed by atoms with E-state index in [-0.39, 0.29) is 18.0 Å². The van der Waals surface area contributed by atoms with Gasteiger partial charge in [0.25, 0.3) is 0 Å². The van der Waals surface area contributed by atoms with Crippen LogP contribution in [0.15, 0.2) is 53.0 Å². The van der Waals surface area contributed by atoms with Crippen molar-refractivity contribution in [2.75, 3.05) is 6.54 Å². The van der Waals surface area contributed by atoms with E-state index in [1.807, 2.05) is 38.1 Å². The zero-order valence-electron chi connectivity index (χ0n) is 14.1. The van der Waals surface area contributed by atoms with Crippen LogP contribution in [0.1, 0.15) is 36.6 Å². The maximum absolute atomic E-state index is 12.6. The Labute approximate surface area is 152 Å². The Morgan fingerprint density at radius 3 is 2.46 bits per heavy atom. The molecule has 1 aliphatic rings. The van der Waals surface area contributed by atoms with Crippen molar-refractivity contribution in [2.24, 2.45) is 0 Å². The van der Waals surface area contributed by atoms with Gasteiger partial charge in [0.05, 0.1) is 12.1 Å². The first-order valence-corrected chi connectivity index (χ1v) is 9.20. The molecule has 1 amide bonds. The third-order valence-corrected chi connectivity index (χ3v) is 5.34. The number of halogens is 1. The molecule has 2 aromatic carbocycles. The number of nitrogens with zero attached hydrogens (tertiary/aromatic N) is 1. The third kappa shape index (κ3) is 3.87. The molecule has 1 heterocycles. The summed E-state index contributed by atoms with van der Waals surface area (Å²) < 4.78 is 1.05. The number of amides is 1. The van der Waals surface area contributed by atoms with Crippen LogP contribution in [0, 0.1) is 0 Å². The van der Waals surface area contributed by atoms with E-state index < -0.39 is 0 Å². The van der Waals surface area contributed by atoms with Gasteiger partial charge in [-0.3, -0.25) is 9.69 Å². The molecule has 0 spiro atoms. The van der Waals surface area contributed by atoms with Gasteiger partial charge in [0, 0.05) is 17.6 Å². The van der Waals surface area contributed by atoms with Crippen molar-refractivity contribution in [1.29, 1.82) is 0 Å². The molecule has 0 saturated carbocycles. The van der Waals surface area contributed by atoms with Crippen LogP contribution in [0.5, 0.6) is 0 Å². The summed E-state index contributed by atoms with van der Waals surface area (Å²) in [6.07, 6.45) is 1.01. The quantitative estimate of drug-likeness (QED) is 0.858. The van der Waals surface area contributed by atoms with E-state index in [1.54, 1.807) is 0 Å². The van der Waals surface area contributed by atoms with Gasteiger partial charge in [-0.25, -0.2) is 0 Å². The Morgan fingerprint density at radius 1 is 1.08 bits per heavy atom. The molecule has 0 saturated heterocycles. The Balaban J connectivity index is 1.62. The fraction of sp³-hybridized carbons (Fsp3) is 0.350. The molecule has 0 aromatic heterocycles. The minimum atomic E-state index is -0.128. The number of nitrogens with one attached hydrogen (secondary N) is 1. The number of benzene rings is 2. The third-order valence-electron chi connectivity index (χ3n) is 4.82. The van der Waals surface area contributed by atoms with Gasteiger partial charge in [-0.15, -0.1) is 0 Å². The molecule has 0 radical (unpaired) electrons. The van der Waals surface area contributed by atoms with E-state index in [4.69, 9.17) is 0 Å². The molecule has 3 rings (SSSR count). The summed E-state index contributed by atoms with van der Waals surface area (Å²) in [7, 11) is 0. The van der Waals surface area contributed by atoms with Crippen molar-refractivity contribution in [1.82, 2.24) is 10.2 Å². The zero-order valence-corrected chi connectivity index (χ0v) is 15.7. The lowest BCUT2D eigenvalue weighted by Crippen LogP contribution is -2.47. The molecule has 3 nitrogen and oxygen atoms in total.